The van der Waals surface area contributed by atoms with E-state index in [1.165, 1.54) is 41.8 Å². The molecule has 2 aromatic rings. The Morgan fingerprint density at radius 2 is 1.60 bits per heavy atom. The highest BCUT2D eigenvalue weighted by molar-refractivity contribution is 5.27. The van der Waals surface area contributed by atoms with Crippen molar-refractivity contribution in [3.8, 4) is 0 Å². The van der Waals surface area contributed by atoms with Crippen LogP contribution in [0.4, 0.5) is 0 Å². The van der Waals surface area contributed by atoms with Gasteiger partial charge in [0.2, 0.25) is 0 Å². The quantitative estimate of drug-likeness (QED) is 0.801. The van der Waals surface area contributed by atoms with E-state index in [2.05, 4.69) is 74.2 Å². The van der Waals surface area contributed by atoms with Crippen molar-refractivity contribution in [3.63, 3.8) is 0 Å². The molecule has 1 heterocycles. The molecule has 1 aromatic carbocycles. The third-order valence-electron chi connectivity index (χ3n) is 3.89. The van der Waals surface area contributed by atoms with E-state index in [4.69, 9.17) is 0 Å². The Hall–Kier alpha value is -1.70. The number of hydrogen-bond acceptors (Lipinski definition) is 1. The van der Waals surface area contributed by atoms with E-state index in [1.54, 1.807) is 0 Å². The minimum atomic E-state index is 0.306. The largest absolute Gasteiger partial charge is 0.319 e. The van der Waals surface area contributed by atoms with Gasteiger partial charge in [-0.15, -0.1) is 0 Å². The molecule has 0 fully saturated rings. The predicted molar refractivity (Wildman–Crippen MR) is 86.7 cm³/mol. The summed E-state index contributed by atoms with van der Waals surface area (Å²) in [6, 6.07) is 13.6. The standard InChI is InChI=1S/C18H26N2/c1-5-6-7-17-10-12-18(13-11-17)16(4)19-20-14(2)8-9-15(20)3/h8-13,16,19H,5-7H2,1-4H3. The SMILES string of the molecule is CCCCc1ccc(C(C)Nn2c(C)ccc2C)cc1. The molecular weight excluding hydrogens is 244 g/mol. The maximum atomic E-state index is 3.55. The second-order valence-corrected chi connectivity index (χ2v) is 5.65. The normalized spacial score (nSPS) is 12.4. The van der Waals surface area contributed by atoms with Crippen LogP contribution in [0.25, 0.3) is 0 Å². The highest BCUT2D eigenvalue weighted by Crippen LogP contribution is 2.17. The van der Waals surface area contributed by atoms with Crippen LogP contribution in [0.3, 0.4) is 0 Å². The van der Waals surface area contributed by atoms with E-state index >= 15 is 0 Å². The summed E-state index contributed by atoms with van der Waals surface area (Å²) in [6.45, 7) is 8.70. The number of aromatic nitrogens is 1. The van der Waals surface area contributed by atoms with Gasteiger partial charge in [0.25, 0.3) is 0 Å². The summed E-state index contributed by atoms with van der Waals surface area (Å²) in [4.78, 5) is 0. The fourth-order valence-electron chi connectivity index (χ4n) is 2.49. The molecule has 1 N–H and O–H groups in total. The van der Waals surface area contributed by atoms with Crippen LogP contribution >= 0.6 is 0 Å². The van der Waals surface area contributed by atoms with Gasteiger partial charge < -0.3 is 5.43 Å². The minimum absolute atomic E-state index is 0.306. The fourth-order valence-corrected chi connectivity index (χ4v) is 2.49. The fraction of sp³-hybridized carbons (Fsp3) is 0.444. The second kappa shape index (κ2) is 6.65. The molecule has 2 rings (SSSR count). The molecule has 1 unspecified atom stereocenters. The molecule has 0 aliphatic carbocycles. The molecule has 0 aliphatic heterocycles. The number of unbranched alkanes of at least 4 members (excludes halogenated alkanes) is 1. The lowest BCUT2D eigenvalue weighted by Crippen LogP contribution is -2.20. The Bertz CT molecular complexity index is 518. The van der Waals surface area contributed by atoms with Gasteiger partial charge in [0, 0.05) is 11.4 Å². The minimum Gasteiger partial charge on any atom is -0.319 e. The molecule has 1 aromatic heterocycles. The summed E-state index contributed by atoms with van der Waals surface area (Å²) >= 11 is 0. The van der Waals surface area contributed by atoms with E-state index in [-0.39, 0.29) is 0 Å². The third kappa shape index (κ3) is 3.44. The molecular formula is C18H26N2. The van der Waals surface area contributed by atoms with E-state index in [1.807, 2.05) is 0 Å². The summed E-state index contributed by atoms with van der Waals surface area (Å²) in [5.74, 6) is 0. The molecule has 0 amide bonds. The number of rotatable bonds is 6. The first-order valence-electron chi connectivity index (χ1n) is 7.62. The first kappa shape index (κ1) is 14.7. The van der Waals surface area contributed by atoms with Crippen molar-refractivity contribution in [1.29, 1.82) is 0 Å². The van der Waals surface area contributed by atoms with Crippen molar-refractivity contribution in [2.45, 2.75) is 53.0 Å². The Morgan fingerprint density at radius 1 is 1.00 bits per heavy atom. The molecule has 0 saturated carbocycles. The van der Waals surface area contributed by atoms with Gasteiger partial charge in [-0.2, -0.15) is 0 Å². The topological polar surface area (TPSA) is 17.0 Å². The highest BCUT2D eigenvalue weighted by Gasteiger charge is 2.07. The van der Waals surface area contributed by atoms with Gasteiger partial charge >= 0.3 is 0 Å². The van der Waals surface area contributed by atoms with E-state index < -0.39 is 0 Å². The number of hydrogen-bond donors (Lipinski definition) is 1. The van der Waals surface area contributed by atoms with Crippen molar-refractivity contribution >= 4 is 0 Å². The first-order chi connectivity index (χ1) is 9.61. The zero-order valence-corrected chi connectivity index (χ0v) is 13.1. The Kier molecular flexibility index (Phi) is 4.89. The molecule has 1 atom stereocenters. The second-order valence-electron chi connectivity index (χ2n) is 5.65. The Labute approximate surface area is 122 Å². The molecule has 0 aliphatic rings. The molecule has 0 radical (unpaired) electrons. The maximum absolute atomic E-state index is 3.55. The van der Waals surface area contributed by atoms with Crippen LogP contribution in [0.2, 0.25) is 0 Å². The molecule has 20 heavy (non-hydrogen) atoms. The Morgan fingerprint density at radius 3 is 2.15 bits per heavy atom. The van der Waals surface area contributed by atoms with Crippen LogP contribution in [0.1, 0.15) is 55.2 Å². The van der Waals surface area contributed by atoms with Crippen molar-refractivity contribution in [2.24, 2.45) is 0 Å². The van der Waals surface area contributed by atoms with E-state index in [0.717, 1.165) is 0 Å². The van der Waals surface area contributed by atoms with Gasteiger partial charge in [0.05, 0.1) is 6.04 Å². The summed E-state index contributed by atoms with van der Waals surface area (Å²) < 4.78 is 2.16. The number of benzene rings is 1. The molecule has 0 spiro atoms. The third-order valence-corrected chi connectivity index (χ3v) is 3.89. The zero-order chi connectivity index (χ0) is 14.5. The average Bonchev–Trinajstić information content (AvgIpc) is 2.77. The van der Waals surface area contributed by atoms with Gasteiger partial charge in [0.1, 0.15) is 0 Å². The lowest BCUT2D eigenvalue weighted by Gasteiger charge is -2.20. The van der Waals surface area contributed by atoms with Crippen LogP contribution in [0.5, 0.6) is 0 Å². The lowest BCUT2D eigenvalue weighted by atomic mass is 10.0. The average molecular weight is 270 g/mol. The predicted octanol–water partition coefficient (Wildman–Crippen LogP) is 4.75. The first-order valence-corrected chi connectivity index (χ1v) is 7.62. The van der Waals surface area contributed by atoms with Crippen LogP contribution in [-0.2, 0) is 6.42 Å². The van der Waals surface area contributed by atoms with Crippen molar-refractivity contribution < 1.29 is 0 Å². The van der Waals surface area contributed by atoms with Crippen molar-refractivity contribution in [2.75, 3.05) is 5.43 Å². The number of nitrogens with one attached hydrogen (secondary N) is 1. The molecule has 2 nitrogen and oxygen atoms in total. The van der Waals surface area contributed by atoms with Crippen molar-refractivity contribution in [1.82, 2.24) is 4.68 Å². The monoisotopic (exact) mass is 270 g/mol. The zero-order valence-electron chi connectivity index (χ0n) is 13.1. The van der Waals surface area contributed by atoms with Gasteiger partial charge in [-0.1, -0.05) is 37.6 Å². The lowest BCUT2D eigenvalue weighted by molar-refractivity contribution is 0.698. The van der Waals surface area contributed by atoms with Crippen LogP contribution < -0.4 is 5.43 Å². The van der Waals surface area contributed by atoms with Crippen LogP contribution in [-0.4, -0.2) is 4.68 Å². The smallest absolute Gasteiger partial charge is 0.0645 e. The van der Waals surface area contributed by atoms with Crippen LogP contribution in [0.15, 0.2) is 36.4 Å². The Balaban J connectivity index is 2.04. The van der Waals surface area contributed by atoms with Gasteiger partial charge in [-0.05, 0) is 56.9 Å². The molecule has 2 heteroatoms. The van der Waals surface area contributed by atoms with Gasteiger partial charge in [-0.3, -0.25) is 4.68 Å². The van der Waals surface area contributed by atoms with Crippen molar-refractivity contribution in [3.05, 3.63) is 58.9 Å². The molecule has 108 valence electrons. The summed E-state index contributed by atoms with van der Waals surface area (Å²) in [7, 11) is 0. The molecule has 0 saturated heterocycles. The van der Waals surface area contributed by atoms with Crippen LogP contribution in [0, 0.1) is 13.8 Å². The van der Waals surface area contributed by atoms with Gasteiger partial charge in [-0.25, -0.2) is 0 Å². The summed E-state index contributed by atoms with van der Waals surface area (Å²) in [5.41, 5.74) is 8.81. The number of nitrogens with zero attached hydrogens (tertiary/aromatic N) is 1. The summed E-state index contributed by atoms with van der Waals surface area (Å²) in [5, 5.41) is 0. The van der Waals surface area contributed by atoms with Gasteiger partial charge in [0.15, 0.2) is 0 Å². The van der Waals surface area contributed by atoms with E-state index in [0.29, 0.717) is 6.04 Å². The molecule has 0 bridgehead atoms. The maximum Gasteiger partial charge on any atom is 0.0645 e. The number of aryl methyl sites for hydroxylation is 3. The highest BCUT2D eigenvalue weighted by atomic mass is 15.4. The summed E-state index contributed by atoms with van der Waals surface area (Å²) in [6.07, 6.45) is 3.72. The van der Waals surface area contributed by atoms with E-state index in [9.17, 15) is 0 Å².